The molecule has 2 heterocycles. The third-order valence-electron chi connectivity index (χ3n) is 4.59. The highest BCUT2D eigenvalue weighted by atomic mass is 32.2. The highest BCUT2D eigenvalue weighted by Gasteiger charge is 2.17. The summed E-state index contributed by atoms with van der Waals surface area (Å²) >= 11 is 1.37. The molecule has 2 N–H and O–H groups in total. The highest BCUT2D eigenvalue weighted by Crippen LogP contribution is 2.28. The van der Waals surface area contributed by atoms with E-state index >= 15 is 0 Å². The van der Waals surface area contributed by atoms with Crippen molar-refractivity contribution in [1.29, 1.82) is 0 Å². The molecule has 0 unspecified atom stereocenters. The Morgan fingerprint density at radius 1 is 1.21 bits per heavy atom. The summed E-state index contributed by atoms with van der Waals surface area (Å²) in [6.07, 6.45) is 0.785. The van der Waals surface area contributed by atoms with E-state index in [0.29, 0.717) is 41.7 Å². The van der Waals surface area contributed by atoms with Crippen molar-refractivity contribution < 1.29 is 13.5 Å². The van der Waals surface area contributed by atoms with Gasteiger partial charge in [-0.2, -0.15) is 0 Å². The van der Waals surface area contributed by atoms with Crippen LogP contribution in [0.3, 0.4) is 0 Å². The third kappa shape index (κ3) is 4.28. The molecule has 0 spiro atoms. The summed E-state index contributed by atoms with van der Waals surface area (Å²) in [6.45, 7) is 7.55. The van der Waals surface area contributed by atoms with Gasteiger partial charge in [0.25, 0.3) is 0 Å². The van der Waals surface area contributed by atoms with Crippen LogP contribution >= 0.6 is 11.8 Å². The first kappa shape index (κ1) is 20.5. The molecule has 0 atom stereocenters. The maximum Gasteiger partial charge on any atom is 0.151 e. The number of hydrogen-bond donors (Lipinski definition) is 1. The van der Waals surface area contributed by atoms with Gasteiger partial charge >= 0.3 is 0 Å². The number of fused-ring (bicyclic) bond motifs is 1. The first-order valence-electron chi connectivity index (χ1n) is 9.19. The van der Waals surface area contributed by atoms with E-state index in [4.69, 9.17) is 10.5 Å². The van der Waals surface area contributed by atoms with Crippen molar-refractivity contribution >= 4 is 28.6 Å². The van der Waals surface area contributed by atoms with Gasteiger partial charge in [-0.15, -0.1) is 11.8 Å². The third-order valence-corrected chi connectivity index (χ3v) is 5.72. The quantitative estimate of drug-likeness (QED) is 0.436. The fraction of sp³-hybridized carbons (Fsp3) is 0.400. The number of halogens is 2. The number of ether oxygens (including phenoxy) is 1. The van der Waals surface area contributed by atoms with Crippen molar-refractivity contribution in [2.45, 2.75) is 45.2 Å². The molecule has 8 heteroatoms. The summed E-state index contributed by atoms with van der Waals surface area (Å²) in [5, 5.41) is 0. The maximum atomic E-state index is 13.8. The molecule has 150 valence electrons. The maximum absolute atomic E-state index is 13.8. The molecular weight excluding hydrogens is 382 g/mol. The Kier molecular flexibility index (Phi) is 6.51. The fourth-order valence-electron chi connectivity index (χ4n) is 3.09. The van der Waals surface area contributed by atoms with Crippen molar-refractivity contribution in [3.05, 3.63) is 46.9 Å². The molecule has 5 nitrogen and oxygen atoms in total. The number of anilines is 1. The van der Waals surface area contributed by atoms with E-state index in [1.807, 2.05) is 20.8 Å². The average molecular weight is 407 g/mol. The Morgan fingerprint density at radius 3 is 2.71 bits per heavy atom. The lowest BCUT2D eigenvalue weighted by Crippen LogP contribution is -2.08. The van der Waals surface area contributed by atoms with Gasteiger partial charge in [-0.3, -0.25) is 0 Å². The average Bonchev–Trinajstić information content (AvgIpc) is 3.02. The number of hydrogen-bond acceptors (Lipinski definition) is 5. The number of aryl methyl sites for hydroxylation is 3. The van der Waals surface area contributed by atoms with Gasteiger partial charge in [-0.05, 0) is 50.6 Å². The molecular formula is C20H24F2N4OS. The van der Waals surface area contributed by atoms with Gasteiger partial charge in [-0.1, -0.05) is 0 Å². The molecule has 2 aromatic heterocycles. The predicted octanol–water partition coefficient (Wildman–Crippen LogP) is 4.63. The summed E-state index contributed by atoms with van der Waals surface area (Å²) < 4.78 is 34.5. The molecule has 0 radical (unpaired) electrons. The van der Waals surface area contributed by atoms with Crippen molar-refractivity contribution in [3.8, 4) is 0 Å². The van der Waals surface area contributed by atoms with Gasteiger partial charge in [-0.25, -0.2) is 18.7 Å². The van der Waals surface area contributed by atoms with Crippen LogP contribution in [0.2, 0.25) is 0 Å². The molecule has 0 aliphatic heterocycles. The second-order valence-corrected chi connectivity index (χ2v) is 7.63. The van der Waals surface area contributed by atoms with Crippen LogP contribution in [0.5, 0.6) is 0 Å². The van der Waals surface area contributed by atoms with Gasteiger partial charge in [0.05, 0.1) is 5.52 Å². The molecule has 0 aliphatic carbocycles. The van der Waals surface area contributed by atoms with E-state index in [-0.39, 0.29) is 0 Å². The first-order valence-corrected chi connectivity index (χ1v) is 10.2. The molecule has 0 saturated heterocycles. The Morgan fingerprint density at radius 2 is 2.00 bits per heavy atom. The molecule has 0 fully saturated rings. The molecule has 1 aromatic carbocycles. The largest absolute Gasteiger partial charge is 0.382 e. The number of pyridine rings is 1. The number of nitrogens with zero attached hydrogens (tertiary/aromatic N) is 3. The minimum Gasteiger partial charge on any atom is -0.382 e. The van der Waals surface area contributed by atoms with Gasteiger partial charge in [0.1, 0.15) is 29.6 Å². The Hall–Kier alpha value is -2.19. The monoisotopic (exact) mass is 406 g/mol. The lowest BCUT2D eigenvalue weighted by atomic mass is 10.2. The number of aromatic nitrogens is 3. The van der Waals surface area contributed by atoms with Crippen LogP contribution in [0.15, 0.2) is 23.1 Å². The van der Waals surface area contributed by atoms with Crippen molar-refractivity contribution in [3.63, 3.8) is 0 Å². The standard InChI is InChI=1S/C20H24F2N4OS/c1-4-27-11-17-25-18-19(12(2)13(3)24-20(18)23)26(17)8-5-9-28-16-7-6-14(21)10-15(16)22/h6-7,10H,4-5,8-9,11H2,1-3H3,(H2,23,24). The topological polar surface area (TPSA) is 66.0 Å². The Labute approximate surface area is 167 Å². The molecule has 3 aromatic rings. The molecule has 0 bridgehead atoms. The van der Waals surface area contributed by atoms with E-state index in [2.05, 4.69) is 14.5 Å². The first-order chi connectivity index (χ1) is 13.4. The highest BCUT2D eigenvalue weighted by molar-refractivity contribution is 7.99. The van der Waals surface area contributed by atoms with Crippen LogP contribution in [0.4, 0.5) is 14.6 Å². The van der Waals surface area contributed by atoms with Gasteiger partial charge in [0, 0.05) is 29.8 Å². The fourth-order valence-corrected chi connectivity index (χ4v) is 3.94. The zero-order valence-electron chi connectivity index (χ0n) is 16.3. The SMILES string of the molecule is CCOCc1nc2c(N)nc(C)c(C)c2n1CCCSc1ccc(F)cc1F. The molecule has 0 saturated carbocycles. The Balaban J connectivity index is 1.80. The van der Waals surface area contributed by atoms with Crippen LogP contribution in [0, 0.1) is 25.5 Å². The van der Waals surface area contributed by atoms with Crippen LogP contribution in [-0.2, 0) is 17.9 Å². The summed E-state index contributed by atoms with van der Waals surface area (Å²) in [5.41, 5.74) is 9.66. The number of benzene rings is 1. The van der Waals surface area contributed by atoms with E-state index in [9.17, 15) is 8.78 Å². The summed E-state index contributed by atoms with van der Waals surface area (Å²) in [7, 11) is 0. The molecule has 3 rings (SSSR count). The summed E-state index contributed by atoms with van der Waals surface area (Å²) in [6, 6.07) is 3.66. The zero-order valence-corrected chi connectivity index (χ0v) is 17.1. The summed E-state index contributed by atoms with van der Waals surface area (Å²) in [5.74, 6) is 0.814. The Bertz CT molecular complexity index is 990. The molecule has 0 aliphatic rings. The number of rotatable bonds is 8. The second-order valence-electron chi connectivity index (χ2n) is 6.50. The molecule has 0 amide bonds. The van der Waals surface area contributed by atoms with E-state index in [1.54, 1.807) is 0 Å². The van der Waals surface area contributed by atoms with Crippen LogP contribution in [-0.4, -0.2) is 26.9 Å². The van der Waals surface area contributed by atoms with E-state index in [0.717, 1.165) is 35.1 Å². The number of thioether (sulfide) groups is 1. The predicted molar refractivity (Wildman–Crippen MR) is 108 cm³/mol. The van der Waals surface area contributed by atoms with E-state index in [1.165, 1.54) is 23.9 Å². The lowest BCUT2D eigenvalue weighted by molar-refractivity contribution is 0.126. The van der Waals surface area contributed by atoms with Crippen LogP contribution in [0.25, 0.3) is 11.0 Å². The minimum absolute atomic E-state index is 0.392. The number of imidazole rings is 1. The number of nitrogens with two attached hydrogens (primary N) is 1. The minimum atomic E-state index is -0.565. The zero-order chi connectivity index (χ0) is 20.3. The van der Waals surface area contributed by atoms with Crippen molar-refractivity contribution in [2.75, 3.05) is 18.1 Å². The lowest BCUT2D eigenvalue weighted by Gasteiger charge is -2.12. The van der Waals surface area contributed by atoms with Gasteiger partial charge in [0.2, 0.25) is 0 Å². The van der Waals surface area contributed by atoms with Gasteiger partial charge < -0.3 is 15.0 Å². The van der Waals surface area contributed by atoms with Crippen molar-refractivity contribution in [2.24, 2.45) is 0 Å². The smallest absolute Gasteiger partial charge is 0.151 e. The van der Waals surface area contributed by atoms with E-state index < -0.39 is 11.6 Å². The number of nitrogen functional groups attached to an aromatic ring is 1. The van der Waals surface area contributed by atoms with Gasteiger partial charge in [0.15, 0.2) is 5.82 Å². The summed E-state index contributed by atoms with van der Waals surface area (Å²) in [4.78, 5) is 9.48. The van der Waals surface area contributed by atoms with Crippen molar-refractivity contribution in [1.82, 2.24) is 14.5 Å². The normalized spacial score (nSPS) is 11.5. The second kappa shape index (κ2) is 8.87. The van der Waals surface area contributed by atoms with Crippen LogP contribution in [0.1, 0.15) is 30.4 Å². The van der Waals surface area contributed by atoms with Crippen LogP contribution < -0.4 is 5.73 Å². The molecule has 28 heavy (non-hydrogen) atoms.